The molecule has 0 radical (unpaired) electrons. The van der Waals surface area contributed by atoms with Gasteiger partial charge in [0.05, 0.1) is 0 Å². The van der Waals surface area contributed by atoms with Crippen LogP contribution in [0.15, 0.2) is 12.4 Å². The molecule has 1 amide bonds. The molecule has 2 N–H and O–H groups in total. The van der Waals surface area contributed by atoms with Crippen LogP contribution in [0.1, 0.15) is 43.6 Å². The fourth-order valence-corrected chi connectivity index (χ4v) is 1.30. The molecule has 0 aromatic carbocycles. The molecule has 5 nitrogen and oxygen atoms in total. The van der Waals surface area contributed by atoms with Crippen molar-refractivity contribution in [2.75, 3.05) is 18.4 Å². The zero-order valence-corrected chi connectivity index (χ0v) is 10.5. The lowest BCUT2D eigenvalue weighted by Gasteiger charge is -2.06. The fraction of sp³-hybridized carbons (Fsp3) is 0.583. The molecule has 1 aromatic rings. The van der Waals surface area contributed by atoms with Gasteiger partial charge in [0, 0.05) is 19.2 Å². The second-order valence-electron chi connectivity index (χ2n) is 3.82. The van der Waals surface area contributed by atoms with Crippen LogP contribution in [0.25, 0.3) is 0 Å². The minimum absolute atomic E-state index is 0.139. The maximum absolute atomic E-state index is 11.7. The normalized spacial score (nSPS) is 10.0. The summed E-state index contributed by atoms with van der Waals surface area (Å²) in [6, 6.07) is 1.68. The predicted octanol–water partition coefficient (Wildman–Crippen LogP) is 1.83. The van der Waals surface area contributed by atoms with Gasteiger partial charge in [-0.1, -0.05) is 20.3 Å². The van der Waals surface area contributed by atoms with Crippen LogP contribution < -0.4 is 10.6 Å². The van der Waals surface area contributed by atoms with Crippen LogP contribution in [-0.2, 0) is 0 Å². The summed E-state index contributed by atoms with van der Waals surface area (Å²) in [7, 11) is 0. The Bertz CT molecular complexity index is 354. The quantitative estimate of drug-likeness (QED) is 0.709. The van der Waals surface area contributed by atoms with Gasteiger partial charge in [-0.25, -0.2) is 9.97 Å². The maximum atomic E-state index is 11.7. The van der Waals surface area contributed by atoms with Gasteiger partial charge in [-0.3, -0.25) is 4.79 Å². The van der Waals surface area contributed by atoms with E-state index in [1.54, 1.807) is 6.07 Å². The van der Waals surface area contributed by atoms with Crippen molar-refractivity contribution in [2.24, 2.45) is 0 Å². The summed E-state index contributed by atoms with van der Waals surface area (Å²) in [6.45, 7) is 5.70. The van der Waals surface area contributed by atoms with Crippen molar-refractivity contribution in [1.82, 2.24) is 15.3 Å². The molecule has 1 rings (SSSR count). The SMILES string of the molecule is CCCCNC(=O)c1cc(NCCC)ncn1. The Kier molecular flexibility index (Phi) is 5.99. The Morgan fingerprint density at radius 2 is 2.06 bits per heavy atom. The molecule has 0 bridgehead atoms. The highest BCUT2D eigenvalue weighted by molar-refractivity contribution is 5.92. The number of rotatable bonds is 7. The average Bonchev–Trinajstić information content (AvgIpc) is 2.37. The molecule has 17 heavy (non-hydrogen) atoms. The number of hydrogen-bond donors (Lipinski definition) is 2. The van der Waals surface area contributed by atoms with Crippen LogP contribution in [0.3, 0.4) is 0 Å². The molecule has 1 aromatic heterocycles. The Morgan fingerprint density at radius 3 is 2.76 bits per heavy atom. The topological polar surface area (TPSA) is 66.9 Å². The monoisotopic (exact) mass is 236 g/mol. The van der Waals surface area contributed by atoms with E-state index in [1.165, 1.54) is 6.33 Å². The molecule has 94 valence electrons. The minimum atomic E-state index is -0.139. The summed E-state index contributed by atoms with van der Waals surface area (Å²) in [6.07, 6.45) is 4.47. The van der Waals surface area contributed by atoms with Gasteiger partial charge < -0.3 is 10.6 Å². The number of unbranched alkanes of at least 4 members (excludes halogenated alkanes) is 1. The third-order valence-corrected chi connectivity index (χ3v) is 2.27. The first kappa shape index (κ1) is 13.4. The lowest BCUT2D eigenvalue weighted by atomic mass is 10.3. The van der Waals surface area contributed by atoms with E-state index in [-0.39, 0.29) is 5.91 Å². The lowest BCUT2D eigenvalue weighted by Crippen LogP contribution is -2.25. The minimum Gasteiger partial charge on any atom is -0.370 e. The number of hydrogen-bond acceptors (Lipinski definition) is 4. The predicted molar refractivity (Wildman–Crippen MR) is 68.1 cm³/mol. The molecule has 0 aliphatic carbocycles. The Hall–Kier alpha value is -1.65. The molecular weight excluding hydrogens is 216 g/mol. The van der Waals surface area contributed by atoms with Gasteiger partial charge >= 0.3 is 0 Å². The smallest absolute Gasteiger partial charge is 0.270 e. The number of carbonyl (C=O) groups is 1. The first-order chi connectivity index (χ1) is 8.27. The summed E-state index contributed by atoms with van der Waals surface area (Å²) in [5.41, 5.74) is 0.412. The van der Waals surface area contributed by atoms with E-state index < -0.39 is 0 Å². The van der Waals surface area contributed by atoms with Crippen molar-refractivity contribution < 1.29 is 4.79 Å². The average molecular weight is 236 g/mol. The van der Waals surface area contributed by atoms with Crippen molar-refractivity contribution in [1.29, 1.82) is 0 Å². The van der Waals surface area contributed by atoms with E-state index in [0.29, 0.717) is 18.1 Å². The summed E-state index contributed by atoms with van der Waals surface area (Å²) in [5, 5.41) is 5.95. The number of anilines is 1. The Morgan fingerprint density at radius 1 is 1.24 bits per heavy atom. The molecule has 0 saturated heterocycles. The van der Waals surface area contributed by atoms with Gasteiger partial charge in [-0.2, -0.15) is 0 Å². The Balaban J connectivity index is 2.54. The van der Waals surface area contributed by atoms with E-state index in [1.807, 2.05) is 0 Å². The molecule has 1 heterocycles. The number of nitrogens with one attached hydrogen (secondary N) is 2. The maximum Gasteiger partial charge on any atom is 0.270 e. The van der Waals surface area contributed by atoms with Crippen molar-refractivity contribution in [3.63, 3.8) is 0 Å². The highest BCUT2D eigenvalue weighted by Crippen LogP contribution is 2.03. The van der Waals surface area contributed by atoms with Gasteiger partial charge in [-0.15, -0.1) is 0 Å². The first-order valence-electron chi connectivity index (χ1n) is 6.12. The molecule has 5 heteroatoms. The molecular formula is C12H20N4O. The van der Waals surface area contributed by atoms with Gasteiger partial charge in [0.25, 0.3) is 5.91 Å². The number of carbonyl (C=O) groups excluding carboxylic acids is 1. The Labute approximate surface area is 102 Å². The molecule has 0 unspecified atom stereocenters. The highest BCUT2D eigenvalue weighted by Gasteiger charge is 2.07. The summed E-state index contributed by atoms with van der Waals surface area (Å²) >= 11 is 0. The summed E-state index contributed by atoms with van der Waals surface area (Å²) < 4.78 is 0. The van der Waals surface area contributed by atoms with E-state index in [2.05, 4.69) is 34.4 Å². The van der Waals surface area contributed by atoms with Crippen LogP contribution in [0.4, 0.5) is 5.82 Å². The van der Waals surface area contributed by atoms with Crippen LogP contribution in [0, 0.1) is 0 Å². The molecule has 0 spiro atoms. The molecule has 0 saturated carbocycles. The second-order valence-corrected chi connectivity index (χ2v) is 3.82. The first-order valence-corrected chi connectivity index (χ1v) is 6.12. The van der Waals surface area contributed by atoms with Crippen molar-refractivity contribution in [2.45, 2.75) is 33.1 Å². The zero-order chi connectivity index (χ0) is 12.5. The van der Waals surface area contributed by atoms with Crippen LogP contribution in [0.5, 0.6) is 0 Å². The molecule has 0 atom stereocenters. The van der Waals surface area contributed by atoms with E-state index in [9.17, 15) is 4.79 Å². The third-order valence-electron chi connectivity index (χ3n) is 2.27. The summed E-state index contributed by atoms with van der Waals surface area (Å²) in [4.78, 5) is 19.7. The number of nitrogens with zero attached hydrogens (tertiary/aromatic N) is 2. The molecule has 0 fully saturated rings. The van der Waals surface area contributed by atoms with E-state index in [0.717, 1.165) is 25.8 Å². The van der Waals surface area contributed by atoms with E-state index >= 15 is 0 Å². The van der Waals surface area contributed by atoms with E-state index in [4.69, 9.17) is 0 Å². The molecule has 0 aliphatic heterocycles. The van der Waals surface area contributed by atoms with Crippen molar-refractivity contribution in [3.05, 3.63) is 18.1 Å². The van der Waals surface area contributed by atoms with Crippen molar-refractivity contribution >= 4 is 11.7 Å². The van der Waals surface area contributed by atoms with Gasteiger partial charge in [0.2, 0.25) is 0 Å². The second kappa shape index (κ2) is 7.60. The highest BCUT2D eigenvalue weighted by atomic mass is 16.1. The van der Waals surface area contributed by atoms with Crippen molar-refractivity contribution in [3.8, 4) is 0 Å². The number of amides is 1. The van der Waals surface area contributed by atoms with Crippen LogP contribution in [-0.4, -0.2) is 29.0 Å². The van der Waals surface area contributed by atoms with Crippen LogP contribution >= 0.6 is 0 Å². The lowest BCUT2D eigenvalue weighted by molar-refractivity contribution is 0.0948. The van der Waals surface area contributed by atoms with Gasteiger partial charge in [0.1, 0.15) is 17.8 Å². The largest absolute Gasteiger partial charge is 0.370 e. The summed E-state index contributed by atoms with van der Waals surface area (Å²) in [5.74, 6) is 0.558. The fourth-order valence-electron chi connectivity index (χ4n) is 1.30. The third kappa shape index (κ3) is 4.80. The van der Waals surface area contributed by atoms with Crippen LogP contribution in [0.2, 0.25) is 0 Å². The molecule has 0 aliphatic rings. The van der Waals surface area contributed by atoms with Gasteiger partial charge in [-0.05, 0) is 12.8 Å². The number of aromatic nitrogens is 2. The zero-order valence-electron chi connectivity index (χ0n) is 10.5. The van der Waals surface area contributed by atoms with Gasteiger partial charge in [0.15, 0.2) is 0 Å². The standard InChI is InChI=1S/C12H20N4O/c1-3-5-7-14-12(17)10-8-11(13-6-4-2)16-9-15-10/h8-9H,3-7H2,1-2H3,(H,14,17)(H,13,15,16).